The monoisotopic (exact) mass is 255 g/mol. The highest BCUT2D eigenvalue weighted by molar-refractivity contribution is 5.79. The minimum Gasteiger partial charge on any atom is -0.347 e. The number of aromatic nitrogens is 4. The van der Waals surface area contributed by atoms with E-state index in [1.165, 1.54) is 10.9 Å². The van der Waals surface area contributed by atoms with Gasteiger partial charge in [-0.05, 0) is 24.1 Å². The van der Waals surface area contributed by atoms with Crippen LogP contribution in [-0.4, -0.2) is 19.9 Å². The molecule has 1 unspecified atom stereocenters. The van der Waals surface area contributed by atoms with Crippen molar-refractivity contribution < 1.29 is 0 Å². The Hall–Kier alpha value is -2.14. The van der Waals surface area contributed by atoms with Crippen LogP contribution in [0.5, 0.6) is 0 Å². The summed E-state index contributed by atoms with van der Waals surface area (Å²) < 4.78 is 0. The number of imidazole rings is 1. The highest BCUT2D eigenvalue weighted by Crippen LogP contribution is 2.18. The van der Waals surface area contributed by atoms with E-state index in [9.17, 15) is 0 Å². The first-order valence-corrected chi connectivity index (χ1v) is 6.52. The highest BCUT2D eigenvalue weighted by atomic mass is 15.0. The average molecular weight is 255 g/mol. The van der Waals surface area contributed by atoms with Gasteiger partial charge < -0.3 is 15.3 Å². The molecule has 5 nitrogen and oxygen atoms in total. The molecule has 0 bridgehead atoms. The Bertz CT molecular complexity index is 641. The standard InChI is InChI=1S/C14H17N5/c1-2-12(14-16-6-7-17-14)18-8-10-9-19-13-11(10)4-3-5-15-13/h3-7,9,12,18H,2,8H2,1H3,(H,15,19)(H,16,17). The lowest BCUT2D eigenvalue weighted by Crippen LogP contribution is -2.21. The highest BCUT2D eigenvalue weighted by Gasteiger charge is 2.12. The molecule has 0 aliphatic heterocycles. The summed E-state index contributed by atoms with van der Waals surface area (Å²) in [5.41, 5.74) is 2.17. The van der Waals surface area contributed by atoms with Gasteiger partial charge in [0.15, 0.2) is 0 Å². The van der Waals surface area contributed by atoms with E-state index in [4.69, 9.17) is 0 Å². The van der Waals surface area contributed by atoms with Gasteiger partial charge in [-0.25, -0.2) is 9.97 Å². The number of nitrogens with one attached hydrogen (secondary N) is 3. The molecule has 19 heavy (non-hydrogen) atoms. The van der Waals surface area contributed by atoms with Gasteiger partial charge >= 0.3 is 0 Å². The Morgan fingerprint density at radius 1 is 1.26 bits per heavy atom. The predicted molar refractivity (Wildman–Crippen MR) is 74.6 cm³/mol. The molecule has 3 N–H and O–H groups in total. The second kappa shape index (κ2) is 5.24. The quantitative estimate of drug-likeness (QED) is 0.656. The topological polar surface area (TPSA) is 69.4 Å². The Kier molecular flexibility index (Phi) is 3.29. The minimum atomic E-state index is 0.247. The van der Waals surface area contributed by atoms with Gasteiger partial charge in [0.1, 0.15) is 11.5 Å². The fraction of sp³-hybridized carbons (Fsp3) is 0.286. The van der Waals surface area contributed by atoms with Crippen LogP contribution in [0.1, 0.15) is 30.8 Å². The van der Waals surface area contributed by atoms with Gasteiger partial charge in [0, 0.05) is 36.7 Å². The van der Waals surface area contributed by atoms with Crippen LogP contribution < -0.4 is 5.32 Å². The molecule has 0 saturated carbocycles. The van der Waals surface area contributed by atoms with Crippen molar-refractivity contribution in [3.63, 3.8) is 0 Å². The van der Waals surface area contributed by atoms with E-state index in [1.807, 2.05) is 18.5 Å². The molecular weight excluding hydrogens is 238 g/mol. The number of fused-ring (bicyclic) bond motifs is 1. The van der Waals surface area contributed by atoms with E-state index in [0.29, 0.717) is 0 Å². The third kappa shape index (κ3) is 2.37. The van der Waals surface area contributed by atoms with Gasteiger partial charge in [-0.2, -0.15) is 0 Å². The van der Waals surface area contributed by atoms with E-state index in [0.717, 1.165) is 24.4 Å². The van der Waals surface area contributed by atoms with E-state index in [-0.39, 0.29) is 6.04 Å². The molecule has 1 atom stereocenters. The van der Waals surface area contributed by atoms with Crippen molar-refractivity contribution in [1.82, 2.24) is 25.3 Å². The fourth-order valence-corrected chi connectivity index (χ4v) is 2.29. The zero-order valence-electron chi connectivity index (χ0n) is 10.9. The third-order valence-electron chi connectivity index (χ3n) is 3.33. The van der Waals surface area contributed by atoms with Crippen LogP contribution in [0.3, 0.4) is 0 Å². The van der Waals surface area contributed by atoms with E-state index < -0.39 is 0 Å². The average Bonchev–Trinajstić information content (AvgIpc) is 3.09. The summed E-state index contributed by atoms with van der Waals surface area (Å²) in [5, 5.41) is 4.70. The molecule has 98 valence electrons. The second-order valence-electron chi connectivity index (χ2n) is 4.53. The molecule has 3 heterocycles. The van der Waals surface area contributed by atoms with Crippen molar-refractivity contribution in [3.05, 3.63) is 48.3 Å². The molecule has 0 radical (unpaired) electrons. The molecule has 0 spiro atoms. The summed E-state index contributed by atoms with van der Waals surface area (Å²) >= 11 is 0. The molecule has 0 saturated heterocycles. The number of nitrogens with zero attached hydrogens (tertiary/aromatic N) is 2. The largest absolute Gasteiger partial charge is 0.347 e. The summed E-state index contributed by atoms with van der Waals surface area (Å²) in [6.45, 7) is 2.95. The Morgan fingerprint density at radius 2 is 2.21 bits per heavy atom. The minimum absolute atomic E-state index is 0.247. The van der Waals surface area contributed by atoms with Crippen LogP contribution in [0, 0.1) is 0 Å². The SMILES string of the molecule is CCC(NCc1c[nH]c2ncccc12)c1ncc[nH]1. The summed E-state index contributed by atoms with van der Waals surface area (Å²) in [6, 6.07) is 4.30. The molecular formula is C14H17N5. The zero-order chi connectivity index (χ0) is 13.1. The fourth-order valence-electron chi connectivity index (χ4n) is 2.29. The van der Waals surface area contributed by atoms with Crippen LogP contribution in [-0.2, 0) is 6.54 Å². The molecule has 0 aliphatic carbocycles. The second-order valence-corrected chi connectivity index (χ2v) is 4.53. The van der Waals surface area contributed by atoms with Crippen molar-refractivity contribution in [1.29, 1.82) is 0 Å². The van der Waals surface area contributed by atoms with Crippen molar-refractivity contribution in [2.24, 2.45) is 0 Å². The maximum Gasteiger partial charge on any atom is 0.137 e. The van der Waals surface area contributed by atoms with Crippen LogP contribution in [0.25, 0.3) is 11.0 Å². The Labute approximate surface area is 111 Å². The lowest BCUT2D eigenvalue weighted by Gasteiger charge is -2.14. The third-order valence-corrected chi connectivity index (χ3v) is 3.33. The van der Waals surface area contributed by atoms with E-state index in [2.05, 4.69) is 38.2 Å². The summed E-state index contributed by atoms with van der Waals surface area (Å²) in [4.78, 5) is 15.0. The number of hydrogen-bond acceptors (Lipinski definition) is 3. The van der Waals surface area contributed by atoms with Crippen molar-refractivity contribution in [3.8, 4) is 0 Å². The van der Waals surface area contributed by atoms with Gasteiger partial charge in [0.25, 0.3) is 0 Å². The molecule has 3 aromatic heterocycles. The van der Waals surface area contributed by atoms with E-state index in [1.54, 1.807) is 12.4 Å². The van der Waals surface area contributed by atoms with Gasteiger partial charge in [-0.3, -0.25) is 0 Å². The lowest BCUT2D eigenvalue weighted by atomic mass is 10.1. The first-order chi connectivity index (χ1) is 9.38. The van der Waals surface area contributed by atoms with Crippen LogP contribution in [0.2, 0.25) is 0 Å². The normalized spacial score (nSPS) is 12.9. The predicted octanol–water partition coefficient (Wildman–Crippen LogP) is 2.53. The van der Waals surface area contributed by atoms with Crippen molar-refractivity contribution in [2.45, 2.75) is 25.9 Å². The number of aromatic amines is 2. The smallest absolute Gasteiger partial charge is 0.137 e. The molecule has 0 aromatic carbocycles. The van der Waals surface area contributed by atoms with E-state index >= 15 is 0 Å². The van der Waals surface area contributed by atoms with Crippen LogP contribution in [0.15, 0.2) is 36.9 Å². The summed E-state index contributed by atoms with van der Waals surface area (Å²) in [5.74, 6) is 0.987. The number of H-pyrrole nitrogens is 2. The summed E-state index contributed by atoms with van der Waals surface area (Å²) in [6.07, 6.45) is 8.45. The Morgan fingerprint density at radius 3 is 3.00 bits per heavy atom. The van der Waals surface area contributed by atoms with Gasteiger partial charge in [0.05, 0.1) is 6.04 Å². The van der Waals surface area contributed by atoms with Crippen molar-refractivity contribution >= 4 is 11.0 Å². The van der Waals surface area contributed by atoms with Gasteiger partial charge in [-0.1, -0.05) is 6.92 Å². The molecule has 0 fully saturated rings. The first kappa shape index (κ1) is 11.9. The van der Waals surface area contributed by atoms with Crippen LogP contribution >= 0.6 is 0 Å². The maximum absolute atomic E-state index is 4.31. The van der Waals surface area contributed by atoms with Crippen LogP contribution in [0.4, 0.5) is 0 Å². The zero-order valence-corrected chi connectivity index (χ0v) is 10.9. The summed E-state index contributed by atoms with van der Waals surface area (Å²) in [7, 11) is 0. The van der Waals surface area contributed by atoms with Crippen molar-refractivity contribution in [2.75, 3.05) is 0 Å². The maximum atomic E-state index is 4.31. The Balaban J connectivity index is 1.75. The first-order valence-electron chi connectivity index (χ1n) is 6.52. The molecule has 3 aromatic rings. The molecule has 0 amide bonds. The van der Waals surface area contributed by atoms with Gasteiger partial charge in [0.2, 0.25) is 0 Å². The molecule has 3 rings (SSSR count). The lowest BCUT2D eigenvalue weighted by molar-refractivity contribution is 0.499. The number of hydrogen-bond donors (Lipinski definition) is 3. The number of rotatable bonds is 5. The number of pyridine rings is 1. The molecule has 0 aliphatic rings. The molecule has 5 heteroatoms. The van der Waals surface area contributed by atoms with Gasteiger partial charge in [-0.15, -0.1) is 0 Å².